The number of rotatable bonds is 7. The Kier molecular flexibility index (Phi) is 5.92. The number of ether oxygens (including phenoxy) is 2. The van der Waals surface area contributed by atoms with Gasteiger partial charge < -0.3 is 14.8 Å². The molecule has 1 N–H and O–H groups in total. The highest BCUT2D eigenvalue weighted by Crippen LogP contribution is 2.26. The van der Waals surface area contributed by atoms with Gasteiger partial charge in [0, 0.05) is 25.1 Å². The van der Waals surface area contributed by atoms with Crippen molar-refractivity contribution in [2.75, 3.05) is 26.3 Å². The quantitative estimate of drug-likeness (QED) is 0.739. The predicted molar refractivity (Wildman–Crippen MR) is 101 cm³/mol. The van der Waals surface area contributed by atoms with Gasteiger partial charge in [-0.1, -0.05) is 18.6 Å². The third kappa shape index (κ3) is 4.54. The molecular weight excluding hydrogens is 361 g/mol. The number of nitrogens with zero attached hydrogens (tertiary/aromatic N) is 2. The van der Waals surface area contributed by atoms with Gasteiger partial charge in [0.2, 0.25) is 5.88 Å². The van der Waals surface area contributed by atoms with Crippen LogP contribution in [0.5, 0.6) is 5.88 Å². The number of ketones is 1. The molecule has 2 aliphatic rings. The van der Waals surface area contributed by atoms with Crippen molar-refractivity contribution in [2.45, 2.75) is 31.8 Å². The first kappa shape index (κ1) is 19.0. The molecular formula is C21H24FN3O3. The van der Waals surface area contributed by atoms with Gasteiger partial charge in [-0.2, -0.15) is 0 Å². The van der Waals surface area contributed by atoms with Crippen molar-refractivity contribution in [1.29, 1.82) is 0 Å². The van der Waals surface area contributed by atoms with Gasteiger partial charge in [0.05, 0.1) is 31.7 Å². The van der Waals surface area contributed by atoms with Gasteiger partial charge in [0.1, 0.15) is 11.5 Å². The molecule has 0 unspecified atom stereocenters. The number of halogens is 1. The smallest absolute Gasteiger partial charge is 0.232 e. The van der Waals surface area contributed by atoms with E-state index in [0.29, 0.717) is 42.7 Å². The fourth-order valence-electron chi connectivity index (χ4n) is 3.38. The third-order valence-corrected chi connectivity index (χ3v) is 5.31. The van der Waals surface area contributed by atoms with E-state index in [1.165, 1.54) is 37.7 Å². The molecule has 1 saturated carbocycles. The summed E-state index contributed by atoms with van der Waals surface area (Å²) in [7, 11) is 0. The van der Waals surface area contributed by atoms with Gasteiger partial charge in [-0.25, -0.2) is 14.4 Å². The summed E-state index contributed by atoms with van der Waals surface area (Å²) in [6, 6.07) is 4.85. The van der Waals surface area contributed by atoms with Crippen molar-refractivity contribution in [2.24, 2.45) is 5.92 Å². The standard InChI is InChI=1S/C21H24FN3O3/c22-17-8-15(4-5-16(17)20-11-23-6-7-27-20)9-19(26)18-10-25-21(12-24-18)28-13-14-2-1-3-14/h4-5,8,10,12,14,20,23H,1-3,6-7,9,11,13H2/t20-/m1/s1. The lowest BCUT2D eigenvalue weighted by molar-refractivity contribution is 0.0255. The Hall–Kier alpha value is -2.38. The lowest BCUT2D eigenvalue weighted by Crippen LogP contribution is -2.33. The molecule has 1 aromatic heterocycles. The minimum absolute atomic E-state index is 0.0674. The maximum Gasteiger partial charge on any atom is 0.232 e. The Morgan fingerprint density at radius 3 is 2.82 bits per heavy atom. The number of carbonyl (C=O) groups excluding carboxylic acids is 1. The van der Waals surface area contributed by atoms with Gasteiger partial charge in [-0.15, -0.1) is 0 Å². The molecule has 28 heavy (non-hydrogen) atoms. The number of aromatic nitrogens is 2. The summed E-state index contributed by atoms with van der Waals surface area (Å²) in [6.07, 6.45) is 6.33. The van der Waals surface area contributed by atoms with E-state index in [1.807, 2.05) is 0 Å². The summed E-state index contributed by atoms with van der Waals surface area (Å²) in [5, 5.41) is 3.18. The molecule has 1 aromatic carbocycles. The van der Waals surface area contributed by atoms with Crippen molar-refractivity contribution in [1.82, 2.24) is 15.3 Å². The molecule has 0 radical (unpaired) electrons. The largest absolute Gasteiger partial charge is 0.476 e. The zero-order chi connectivity index (χ0) is 19.3. The van der Waals surface area contributed by atoms with Crippen molar-refractivity contribution < 1.29 is 18.7 Å². The number of Topliss-reactive ketones (excluding diaryl/α,β-unsaturated/α-hetero) is 1. The van der Waals surface area contributed by atoms with Crippen LogP contribution >= 0.6 is 0 Å². The first-order valence-electron chi connectivity index (χ1n) is 9.78. The molecule has 7 heteroatoms. The van der Waals surface area contributed by atoms with E-state index in [-0.39, 0.29) is 29.8 Å². The Morgan fingerprint density at radius 1 is 1.29 bits per heavy atom. The van der Waals surface area contributed by atoms with E-state index < -0.39 is 0 Å². The van der Waals surface area contributed by atoms with Crippen LogP contribution in [-0.4, -0.2) is 42.1 Å². The normalized spacial score (nSPS) is 19.8. The minimum Gasteiger partial charge on any atom is -0.476 e. The number of nitrogens with one attached hydrogen (secondary N) is 1. The van der Waals surface area contributed by atoms with Crippen molar-refractivity contribution in [3.63, 3.8) is 0 Å². The van der Waals surface area contributed by atoms with E-state index >= 15 is 0 Å². The van der Waals surface area contributed by atoms with Gasteiger partial charge in [0.25, 0.3) is 0 Å². The third-order valence-electron chi connectivity index (χ3n) is 5.31. The van der Waals surface area contributed by atoms with Crippen LogP contribution < -0.4 is 10.1 Å². The summed E-state index contributed by atoms with van der Waals surface area (Å²) >= 11 is 0. The first-order valence-corrected chi connectivity index (χ1v) is 9.78. The maximum absolute atomic E-state index is 14.5. The lowest BCUT2D eigenvalue weighted by atomic mass is 9.86. The Balaban J connectivity index is 1.35. The topological polar surface area (TPSA) is 73.3 Å². The maximum atomic E-state index is 14.5. The minimum atomic E-state index is -0.357. The fourth-order valence-corrected chi connectivity index (χ4v) is 3.38. The highest BCUT2D eigenvalue weighted by Gasteiger charge is 2.20. The molecule has 6 nitrogen and oxygen atoms in total. The second kappa shape index (κ2) is 8.75. The summed E-state index contributed by atoms with van der Waals surface area (Å²) in [4.78, 5) is 20.8. The number of hydrogen-bond donors (Lipinski definition) is 1. The van der Waals surface area contributed by atoms with Crippen LogP contribution in [0.3, 0.4) is 0 Å². The molecule has 2 aromatic rings. The van der Waals surface area contributed by atoms with E-state index in [0.717, 1.165) is 6.54 Å². The molecule has 4 rings (SSSR count). The van der Waals surface area contributed by atoms with Gasteiger partial charge in [-0.05, 0) is 30.4 Å². The number of benzene rings is 1. The van der Waals surface area contributed by atoms with Crippen LogP contribution in [0, 0.1) is 11.7 Å². The lowest BCUT2D eigenvalue weighted by Gasteiger charge is -2.24. The van der Waals surface area contributed by atoms with E-state index in [2.05, 4.69) is 15.3 Å². The van der Waals surface area contributed by atoms with Crippen molar-refractivity contribution in [3.8, 4) is 5.88 Å². The highest BCUT2D eigenvalue weighted by molar-refractivity contribution is 5.95. The van der Waals surface area contributed by atoms with Crippen LogP contribution in [-0.2, 0) is 11.2 Å². The Labute approximate surface area is 163 Å². The van der Waals surface area contributed by atoms with Crippen molar-refractivity contribution >= 4 is 5.78 Å². The summed E-state index contributed by atoms with van der Waals surface area (Å²) in [5.74, 6) is 0.473. The zero-order valence-electron chi connectivity index (χ0n) is 15.7. The SMILES string of the molecule is O=C(Cc1ccc([C@H]2CNCCO2)c(F)c1)c1cnc(OCC2CCC2)cn1. The van der Waals surface area contributed by atoms with Crippen LogP contribution in [0.15, 0.2) is 30.6 Å². The summed E-state index contributed by atoms with van der Waals surface area (Å²) in [6.45, 7) is 2.56. The molecule has 1 saturated heterocycles. The molecule has 2 fully saturated rings. The molecule has 1 aliphatic carbocycles. The summed E-state index contributed by atoms with van der Waals surface area (Å²) < 4.78 is 25.7. The van der Waals surface area contributed by atoms with E-state index in [4.69, 9.17) is 9.47 Å². The molecule has 1 atom stereocenters. The zero-order valence-corrected chi connectivity index (χ0v) is 15.7. The van der Waals surface area contributed by atoms with Gasteiger partial charge in [0.15, 0.2) is 5.78 Å². The average Bonchev–Trinajstić information content (AvgIpc) is 2.68. The van der Waals surface area contributed by atoms with Crippen LogP contribution in [0.4, 0.5) is 4.39 Å². The molecule has 148 valence electrons. The first-order chi connectivity index (χ1) is 13.7. The molecule has 1 aliphatic heterocycles. The molecule has 0 amide bonds. The van der Waals surface area contributed by atoms with E-state index in [1.54, 1.807) is 12.1 Å². The molecule has 0 spiro atoms. The average molecular weight is 385 g/mol. The second-order valence-corrected chi connectivity index (χ2v) is 7.37. The predicted octanol–water partition coefficient (Wildman–Crippen LogP) is 2.88. The summed E-state index contributed by atoms with van der Waals surface area (Å²) in [5.41, 5.74) is 1.36. The van der Waals surface area contributed by atoms with Crippen LogP contribution in [0.1, 0.15) is 47.0 Å². The number of morpholine rings is 1. The fraction of sp³-hybridized carbons (Fsp3) is 0.476. The highest BCUT2D eigenvalue weighted by atomic mass is 19.1. The molecule has 2 heterocycles. The Bertz CT molecular complexity index is 818. The van der Waals surface area contributed by atoms with Crippen LogP contribution in [0.25, 0.3) is 0 Å². The van der Waals surface area contributed by atoms with Crippen LogP contribution in [0.2, 0.25) is 0 Å². The molecule has 0 bridgehead atoms. The van der Waals surface area contributed by atoms with Gasteiger partial charge >= 0.3 is 0 Å². The second-order valence-electron chi connectivity index (χ2n) is 7.37. The van der Waals surface area contributed by atoms with E-state index in [9.17, 15) is 9.18 Å². The van der Waals surface area contributed by atoms with Crippen molar-refractivity contribution in [3.05, 3.63) is 53.2 Å². The number of hydrogen-bond acceptors (Lipinski definition) is 6. The monoisotopic (exact) mass is 385 g/mol. The number of carbonyl (C=O) groups is 1. The Morgan fingerprint density at radius 2 is 2.18 bits per heavy atom. The van der Waals surface area contributed by atoms with Gasteiger partial charge in [-0.3, -0.25) is 4.79 Å².